The van der Waals surface area contributed by atoms with Gasteiger partial charge in [-0.3, -0.25) is 9.78 Å². The molecule has 0 bridgehead atoms. The minimum absolute atomic E-state index is 0.00713. The molecule has 0 atom stereocenters. The van der Waals surface area contributed by atoms with E-state index >= 15 is 0 Å². The minimum atomic E-state index is 0.00713. The fraction of sp³-hybridized carbons (Fsp3) is 0.455. The van der Waals surface area contributed by atoms with E-state index < -0.39 is 0 Å². The van der Waals surface area contributed by atoms with Crippen molar-refractivity contribution >= 4 is 11.6 Å². The number of nitrogens with zero attached hydrogens (tertiary/aromatic N) is 1. The number of hydrogen-bond donors (Lipinski definition) is 2. The van der Waals surface area contributed by atoms with E-state index in [1.807, 2.05) is 19.9 Å². The molecule has 0 aliphatic carbocycles. The van der Waals surface area contributed by atoms with E-state index in [4.69, 9.17) is 5.73 Å². The van der Waals surface area contributed by atoms with E-state index in [0.717, 1.165) is 5.69 Å². The summed E-state index contributed by atoms with van der Waals surface area (Å²) in [7, 11) is 0. The zero-order valence-corrected chi connectivity index (χ0v) is 9.16. The maximum absolute atomic E-state index is 11.5. The van der Waals surface area contributed by atoms with Gasteiger partial charge in [0.25, 0.3) is 0 Å². The molecule has 3 N–H and O–H groups in total. The number of rotatable bonds is 4. The van der Waals surface area contributed by atoms with Crippen LogP contribution in [0.15, 0.2) is 18.3 Å². The minimum Gasteiger partial charge on any atom is -0.325 e. The number of amides is 1. The highest BCUT2D eigenvalue weighted by molar-refractivity contribution is 5.91. The van der Waals surface area contributed by atoms with Crippen LogP contribution in [0, 0.1) is 5.92 Å². The molecule has 0 aromatic carbocycles. The summed E-state index contributed by atoms with van der Waals surface area (Å²) in [5, 5.41) is 2.81. The topological polar surface area (TPSA) is 68.0 Å². The molecule has 4 nitrogen and oxygen atoms in total. The molecule has 0 unspecified atom stereocenters. The number of carbonyl (C=O) groups excluding carboxylic acids is 1. The van der Waals surface area contributed by atoms with Crippen LogP contribution in [0.2, 0.25) is 0 Å². The highest BCUT2D eigenvalue weighted by atomic mass is 16.1. The smallest absolute Gasteiger partial charge is 0.224 e. The molecule has 1 heterocycles. The molecule has 0 saturated carbocycles. The lowest BCUT2D eigenvalue weighted by atomic mass is 10.1. The van der Waals surface area contributed by atoms with E-state index in [0.29, 0.717) is 24.6 Å². The van der Waals surface area contributed by atoms with Gasteiger partial charge < -0.3 is 11.1 Å². The van der Waals surface area contributed by atoms with Gasteiger partial charge in [-0.1, -0.05) is 13.8 Å². The van der Waals surface area contributed by atoms with E-state index in [1.54, 1.807) is 12.3 Å². The maximum Gasteiger partial charge on any atom is 0.224 e. The number of aromatic nitrogens is 1. The Kier molecular flexibility index (Phi) is 4.24. The molecule has 0 aliphatic rings. The molecule has 0 saturated heterocycles. The van der Waals surface area contributed by atoms with Crippen molar-refractivity contribution < 1.29 is 4.79 Å². The van der Waals surface area contributed by atoms with E-state index in [9.17, 15) is 4.79 Å². The van der Waals surface area contributed by atoms with Gasteiger partial charge in [-0.25, -0.2) is 0 Å². The number of nitrogens with one attached hydrogen (secondary N) is 1. The Morgan fingerprint density at radius 1 is 1.60 bits per heavy atom. The monoisotopic (exact) mass is 207 g/mol. The van der Waals surface area contributed by atoms with Gasteiger partial charge in [0.2, 0.25) is 5.91 Å². The van der Waals surface area contributed by atoms with Gasteiger partial charge in [0.05, 0.1) is 11.4 Å². The summed E-state index contributed by atoms with van der Waals surface area (Å²) in [6.45, 7) is 4.34. The number of carbonyl (C=O) groups is 1. The van der Waals surface area contributed by atoms with Crippen LogP contribution >= 0.6 is 0 Å². The van der Waals surface area contributed by atoms with Crippen molar-refractivity contribution in [1.29, 1.82) is 0 Å². The fourth-order valence-electron chi connectivity index (χ4n) is 1.29. The Labute approximate surface area is 89.9 Å². The molecule has 0 fully saturated rings. The lowest BCUT2D eigenvalue weighted by Gasteiger charge is -2.09. The average Bonchev–Trinajstić information content (AvgIpc) is 2.17. The van der Waals surface area contributed by atoms with Crippen molar-refractivity contribution in [2.75, 3.05) is 5.32 Å². The van der Waals surface area contributed by atoms with Crippen molar-refractivity contribution in [3.63, 3.8) is 0 Å². The summed E-state index contributed by atoms with van der Waals surface area (Å²) in [5.74, 6) is 0.357. The van der Waals surface area contributed by atoms with Gasteiger partial charge in [0, 0.05) is 19.2 Å². The molecule has 1 rings (SSSR count). The molecular weight excluding hydrogens is 190 g/mol. The molecule has 0 radical (unpaired) electrons. The van der Waals surface area contributed by atoms with E-state index in [1.165, 1.54) is 0 Å². The molecule has 1 aromatic rings. The first-order valence-electron chi connectivity index (χ1n) is 5.07. The summed E-state index contributed by atoms with van der Waals surface area (Å²) in [4.78, 5) is 15.6. The van der Waals surface area contributed by atoms with Crippen LogP contribution < -0.4 is 11.1 Å². The zero-order chi connectivity index (χ0) is 11.3. The Balaban J connectivity index is 2.67. The fourth-order valence-corrected chi connectivity index (χ4v) is 1.29. The van der Waals surface area contributed by atoms with Crippen LogP contribution in [0.1, 0.15) is 26.0 Å². The summed E-state index contributed by atoms with van der Waals surface area (Å²) in [6, 6.07) is 3.59. The zero-order valence-electron chi connectivity index (χ0n) is 9.16. The molecule has 0 spiro atoms. The Morgan fingerprint density at radius 3 is 2.93 bits per heavy atom. The quantitative estimate of drug-likeness (QED) is 0.786. The number of pyridine rings is 1. The van der Waals surface area contributed by atoms with Gasteiger partial charge in [0.15, 0.2) is 0 Å². The van der Waals surface area contributed by atoms with Gasteiger partial charge in [0.1, 0.15) is 0 Å². The Morgan fingerprint density at radius 2 is 2.33 bits per heavy atom. The standard InChI is InChI=1S/C11H17N3O/c1-8(2)6-11(15)14-9-4-3-5-13-10(9)7-12/h3-5,8H,6-7,12H2,1-2H3,(H,14,15). The Bertz CT molecular complexity index is 336. The van der Waals surface area contributed by atoms with Gasteiger partial charge in [-0.2, -0.15) is 0 Å². The third-order valence-corrected chi connectivity index (χ3v) is 1.95. The summed E-state index contributed by atoms with van der Waals surface area (Å²) in [6.07, 6.45) is 2.18. The van der Waals surface area contributed by atoms with E-state index in [-0.39, 0.29) is 5.91 Å². The van der Waals surface area contributed by atoms with Gasteiger partial charge in [-0.05, 0) is 18.1 Å². The van der Waals surface area contributed by atoms with Crippen molar-refractivity contribution in [3.05, 3.63) is 24.0 Å². The van der Waals surface area contributed by atoms with Gasteiger partial charge >= 0.3 is 0 Å². The summed E-state index contributed by atoms with van der Waals surface area (Å²) >= 11 is 0. The highest BCUT2D eigenvalue weighted by Crippen LogP contribution is 2.12. The number of nitrogens with two attached hydrogens (primary N) is 1. The summed E-state index contributed by atoms with van der Waals surface area (Å²) in [5.41, 5.74) is 6.94. The van der Waals surface area contributed by atoms with Crippen LogP contribution in [0.5, 0.6) is 0 Å². The third-order valence-electron chi connectivity index (χ3n) is 1.95. The van der Waals surface area contributed by atoms with Crippen LogP contribution in [-0.2, 0) is 11.3 Å². The van der Waals surface area contributed by atoms with Crippen molar-refractivity contribution in [2.45, 2.75) is 26.8 Å². The van der Waals surface area contributed by atoms with Crippen LogP contribution in [0.25, 0.3) is 0 Å². The molecule has 82 valence electrons. The number of hydrogen-bond acceptors (Lipinski definition) is 3. The van der Waals surface area contributed by atoms with E-state index in [2.05, 4.69) is 10.3 Å². The largest absolute Gasteiger partial charge is 0.325 e. The maximum atomic E-state index is 11.5. The first kappa shape index (κ1) is 11.7. The second-order valence-electron chi connectivity index (χ2n) is 3.85. The molecular formula is C11H17N3O. The predicted octanol–water partition coefficient (Wildman–Crippen LogP) is 1.52. The van der Waals surface area contributed by atoms with Crippen LogP contribution in [0.4, 0.5) is 5.69 Å². The average molecular weight is 207 g/mol. The lowest BCUT2D eigenvalue weighted by Crippen LogP contribution is -2.16. The van der Waals surface area contributed by atoms with Crippen molar-refractivity contribution in [3.8, 4) is 0 Å². The van der Waals surface area contributed by atoms with Crippen LogP contribution in [-0.4, -0.2) is 10.9 Å². The SMILES string of the molecule is CC(C)CC(=O)Nc1cccnc1CN. The van der Waals surface area contributed by atoms with Crippen molar-refractivity contribution in [1.82, 2.24) is 4.98 Å². The van der Waals surface area contributed by atoms with Crippen LogP contribution in [0.3, 0.4) is 0 Å². The summed E-state index contributed by atoms with van der Waals surface area (Å²) < 4.78 is 0. The molecule has 0 aliphatic heterocycles. The number of anilines is 1. The second-order valence-corrected chi connectivity index (χ2v) is 3.85. The normalized spacial score (nSPS) is 10.4. The van der Waals surface area contributed by atoms with Crippen molar-refractivity contribution in [2.24, 2.45) is 11.7 Å². The third kappa shape index (κ3) is 3.67. The second kappa shape index (κ2) is 5.46. The first-order chi connectivity index (χ1) is 7.13. The molecule has 1 amide bonds. The Hall–Kier alpha value is -1.42. The molecule has 4 heteroatoms. The molecule has 15 heavy (non-hydrogen) atoms. The predicted molar refractivity (Wildman–Crippen MR) is 60.2 cm³/mol. The first-order valence-corrected chi connectivity index (χ1v) is 5.07. The van der Waals surface area contributed by atoms with Gasteiger partial charge in [-0.15, -0.1) is 0 Å². The lowest BCUT2D eigenvalue weighted by molar-refractivity contribution is -0.116. The highest BCUT2D eigenvalue weighted by Gasteiger charge is 2.07. The molecule has 1 aromatic heterocycles.